The zero-order valence-electron chi connectivity index (χ0n) is 5.54. The molecule has 0 saturated heterocycles. The second-order valence-electron chi connectivity index (χ2n) is 2.21. The molecule has 0 atom stereocenters. The molecule has 1 aromatic heterocycles. The Labute approximate surface area is 72.8 Å². The second-order valence-corrected chi connectivity index (χ2v) is 3.45. The number of halogens is 1. The maximum absolute atomic E-state index is 5.77. The summed E-state index contributed by atoms with van der Waals surface area (Å²) < 4.78 is 5.07. The van der Waals surface area contributed by atoms with Crippen LogP contribution in [0.25, 0.3) is 10.1 Å². The fourth-order valence-corrected chi connectivity index (χ4v) is 1.79. The summed E-state index contributed by atoms with van der Waals surface area (Å²) in [6.45, 7) is 0. The van der Waals surface area contributed by atoms with Crippen molar-refractivity contribution in [3.05, 3.63) is 23.2 Å². The summed E-state index contributed by atoms with van der Waals surface area (Å²) in [5, 5.41) is 1.65. The first kappa shape index (κ1) is 6.88. The van der Waals surface area contributed by atoms with Gasteiger partial charge in [-0.05, 0) is 29.7 Å². The number of anilines is 1. The molecule has 2 N–H and O–H groups in total. The Morgan fingerprint density at radius 2 is 2.27 bits per heavy atom. The van der Waals surface area contributed by atoms with E-state index in [-0.39, 0.29) is 0 Å². The van der Waals surface area contributed by atoms with E-state index in [0.29, 0.717) is 10.8 Å². The van der Waals surface area contributed by atoms with Crippen molar-refractivity contribution in [1.29, 1.82) is 0 Å². The van der Waals surface area contributed by atoms with Crippen molar-refractivity contribution in [3.63, 3.8) is 0 Å². The highest BCUT2D eigenvalue weighted by atomic mass is 35.5. The highest BCUT2D eigenvalue weighted by molar-refractivity contribution is 7.13. The van der Waals surface area contributed by atoms with E-state index in [1.54, 1.807) is 0 Å². The minimum Gasteiger partial charge on any atom is -0.382 e. The van der Waals surface area contributed by atoms with Gasteiger partial charge in [0.15, 0.2) is 0 Å². The number of nitrogen functional groups attached to an aromatic ring is 1. The van der Waals surface area contributed by atoms with E-state index in [4.69, 9.17) is 17.3 Å². The SMILES string of the molecule is Nc1nsc2ccc(Cl)cc12. The standard InChI is InChI=1S/C7H5ClN2S/c8-4-1-2-6-5(3-4)7(9)10-11-6/h1-3H,(H2,9,10). The van der Waals surface area contributed by atoms with Crippen LogP contribution in [0.3, 0.4) is 0 Å². The molecule has 0 unspecified atom stereocenters. The molecule has 0 radical (unpaired) electrons. The summed E-state index contributed by atoms with van der Waals surface area (Å²) in [7, 11) is 0. The van der Waals surface area contributed by atoms with Gasteiger partial charge in [-0.3, -0.25) is 0 Å². The van der Waals surface area contributed by atoms with Gasteiger partial charge in [0.05, 0.1) is 4.70 Å². The van der Waals surface area contributed by atoms with Crippen molar-refractivity contribution in [1.82, 2.24) is 4.37 Å². The van der Waals surface area contributed by atoms with Crippen LogP contribution in [-0.4, -0.2) is 4.37 Å². The first-order chi connectivity index (χ1) is 5.27. The Hall–Kier alpha value is -0.800. The van der Waals surface area contributed by atoms with Crippen LogP contribution >= 0.6 is 23.1 Å². The van der Waals surface area contributed by atoms with E-state index in [0.717, 1.165) is 10.1 Å². The predicted octanol–water partition coefficient (Wildman–Crippen LogP) is 2.53. The van der Waals surface area contributed by atoms with Gasteiger partial charge in [-0.2, -0.15) is 4.37 Å². The quantitative estimate of drug-likeness (QED) is 0.684. The highest BCUT2D eigenvalue weighted by Crippen LogP contribution is 2.26. The molecule has 1 heterocycles. The van der Waals surface area contributed by atoms with Crippen LogP contribution < -0.4 is 5.73 Å². The average Bonchev–Trinajstić information content (AvgIpc) is 2.33. The van der Waals surface area contributed by atoms with Gasteiger partial charge in [-0.15, -0.1) is 0 Å². The molecular weight excluding hydrogens is 180 g/mol. The molecule has 2 nitrogen and oxygen atoms in total. The average molecular weight is 185 g/mol. The molecule has 0 fully saturated rings. The number of rotatable bonds is 0. The van der Waals surface area contributed by atoms with E-state index >= 15 is 0 Å². The Morgan fingerprint density at radius 1 is 1.45 bits per heavy atom. The molecule has 0 spiro atoms. The van der Waals surface area contributed by atoms with Gasteiger partial charge in [-0.25, -0.2) is 0 Å². The zero-order chi connectivity index (χ0) is 7.84. The van der Waals surface area contributed by atoms with Gasteiger partial charge in [0.2, 0.25) is 0 Å². The highest BCUT2D eigenvalue weighted by Gasteiger charge is 2.01. The molecule has 0 aliphatic heterocycles. The van der Waals surface area contributed by atoms with E-state index < -0.39 is 0 Å². The fraction of sp³-hybridized carbons (Fsp3) is 0. The van der Waals surface area contributed by atoms with Crippen LogP contribution in [0.1, 0.15) is 0 Å². The largest absolute Gasteiger partial charge is 0.382 e. The van der Waals surface area contributed by atoms with Crippen LogP contribution in [0.4, 0.5) is 5.82 Å². The topological polar surface area (TPSA) is 38.9 Å². The van der Waals surface area contributed by atoms with Crippen LogP contribution in [0.15, 0.2) is 18.2 Å². The Balaban J connectivity index is 2.87. The van der Waals surface area contributed by atoms with E-state index in [1.807, 2.05) is 18.2 Å². The summed E-state index contributed by atoms with van der Waals surface area (Å²) in [5.41, 5.74) is 5.59. The number of hydrogen-bond donors (Lipinski definition) is 1. The molecule has 2 rings (SSSR count). The summed E-state index contributed by atoms with van der Waals surface area (Å²) in [6, 6.07) is 5.59. The third-order valence-corrected chi connectivity index (χ3v) is 2.54. The van der Waals surface area contributed by atoms with Crippen molar-refractivity contribution < 1.29 is 0 Å². The molecule has 1 aromatic carbocycles. The number of aromatic nitrogens is 1. The number of hydrogen-bond acceptors (Lipinski definition) is 3. The number of fused-ring (bicyclic) bond motifs is 1. The molecule has 0 bridgehead atoms. The van der Waals surface area contributed by atoms with Crippen molar-refractivity contribution in [2.75, 3.05) is 5.73 Å². The Bertz CT molecular complexity index is 396. The predicted molar refractivity (Wildman–Crippen MR) is 49.0 cm³/mol. The number of nitrogens with two attached hydrogens (primary N) is 1. The van der Waals surface area contributed by atoms with E-state index in [9.17, 15) is 0 Å². The normalized spacial score (nSPS) is 10.6. The molecule has 0 aliphatic carbocycles. The fourth-order valence-electron chi connectivity index (χ4n) is 0.929. The van der Waals surface area contributed by atoms with Crippen LogP contribution in [-0.2, 0) is 0 Å². The number of benzene rings is 1. The zero-order valence-corrected chi connectivity index (χ0v) is 7.12. The van der Waals surface area contributed by atoms with Crippen LogP contribution in [0.2, 0.25) is 5.02 Å². The first-order valence-corrected chi connectivity index (χ1v) is 4.23. The molecule has 11 heavy (non-hydrogen) atoms. The molecular formula is C7H5ClN2S. The van der Waals surface area contributed by atoms with Crippen molar-refractivity contribution in [3.8, 4) is 0 Å². The van der Waals surface area contributed by atoms with Crippen molar-refractivity contribution in [2.24, 2.45) is 0 Å². The van der Waals surface area contributed by atoms with E-state index in [2.05, 4.69) is 4.37 Å². The minimum absolute atomic E-state index is 0.563. The molecule has 0 amide bonds. The van der Waals surface area contributed by atoms with Gasteiger partial charge >= 0.3 is 0 Å². The van der Waals surface area contributed by atoms with E-state index in [1.165, 1.54) is 11.5 Å². The molecule has 2 aromatic rings. The lowest BCUT2D eigenvalue weighted by Gasteiger charge is -1.89. The lowest BCUT2D eigenvalue weighted by Crippen LogP contribution is -1.82. The third-order valence-electron chi connectivity index (χ3n) is 1.46. The Morgan fingerprint density at radius 3 is 3.09 bits per heavy atom. The summed E-state index contributed by atoms with van der Waals surface area (Å²) >= 11 is 7.16. The Kier molecular flexibility index (Phi) is 1.47. The molecule has 4 heteroatoms. The van der Waals surface area contributed by atoms with Gasteiger partial charge in [-0.1, -0.05) is 11.6 Å². The molecule has 56 valence electrons. The number of nitrogens with zero attached hydrogens (tertiary/aromatic N) is 1. The van der Waals surface area contributed by atoms with Crippen LogP contribution in [0.5, 0.6) is 0 Å². The van der Waals surface area contributed by atoms with Crippen molar-refractivity contribution >= 4 is 39.0 Å². The lowest BCUT2D eigenvalue weighted by molar-refractivity contribution is 1.59. The second kappa shape index (κ2) is 2.36. The van der Waals surface area contributed by atoms with Gasteiger partial charge in [0.25, 0.3) is 0 Å². The summed E-state index contributed by atoms with van der Waals surface area (Å²) in [4.78, 5) is 0. The van der Waals surface area contributed by atoms with Crippen molar-refractivity contribution in [2.45, 2.75) is 0 Å². The van der Waals surface area contributed by atoms with Gasteiger partial charge < -0.3 is 5.73 Å². The smallest absolute Gasteiger partial charge is 0.145 e. The molecule has 0 saturated carbocycles. The monoisotopic (exact) mass is 184 g/mol. The van der Waals surface area contributed by atoms with Gasteiger partial charge in [0.1, 0.15) is 5.82 Å². The maximum Gasteiger partial charge on any atom is 0.145 e. The summed E-state index contributed by atoms with van der Waals surface area (Å²) in [5.74, 6) is 0.563. The van der Waals surface area contributed by atoms with Crippen LogP contribution in [0, 0.1) is 0 Å². The maximum atomic E-state index is 5.77. The molecule has 0 aliphatic rings. The van der Waals surface area contributed by atoms with Gasteiger partial charge in [0, 0.05) is 10.4 Å². The minimum atomic E-state index is 0.563. The first-order valence-electron chi connectivity index (χ1n) is 3.08. The third kappa shape index (κ3) is 1.06. The lowest BCUT2D eigenvalue weighted by atomic mass is 10.3. The summed E-state index contributed by atoms with van der Waals surface area (Å²) in [6.07, 6.45) is 0.